The molecule has 8 heteroatoms. The zero-order valence-electron chi connectivity index (χ0n) is 14.0. The number of aromatic nitrogens is 2. The number of nitrogens with zero attached hydrogens (tertiary/aromatic N) is 3. The normalized spacial score (nSPS) is 11.6. The van der Waals surface area contributed by atoms with Gasteiger partial charge < -0.3 is 9.67 Å². The van der Waals surface area contributed by atoms with Crippen LogP contribution in [0, 0.1) is 0 Å². The highest BCUT2D eigenvalue weighted by molar-refractivity contribution is 7.89. The van der Waals surface area contributed by atoms with Gasteiger partial charge in [-0.2, -0.15) is 4.31 Å². The third-order valence-corrected chi connectivity index (χ3v) is 5.63. The number of hydrogen-bond acceptors (Lipinski definition) is 4. The molecule has 0 amide bonds. The Morgan fingerprint density at radius 1 is 1.15 bits per heavy atom. The standard InChI is InChI=1S/C18H17N3O4S/c1-20(26(24,25)17-12-14(18(22)23)8-9-19-17)13-15-6-2-3-7-16(15)21-10-4-5-11-21/h2-12H,13H2,1H3,(H,22,23). The maximum Gasteiger partial charge on any atom is 0.335 e. The van der Waals surface area contributed by atoms with Crippen molar-refractivity contribution in [2.45, 2.75) is 11.6 Å². The zero-order chi connectivity index (χ0) is 18.7. The minimum absolute atomic E-state index is 0.121. The number of pyridine rings is 1. The van der Waals surface area contributed by atoms with Crippen molar-refractivity contribution in [1.29, 1.82) is 0 Å². The van der Waals surface area contributed by atoms with Gasteiger partial charge in [0.25, 0.3) is 10.0 Å². The van der Waals surface area contributed by atoms with Crippen LogP contribution in [0.2, 0.25) is 0 Å². The second-order valence-corrected chi connectivity index (χ2v) is 7.66. The van der Waals surface area contributed by atoms with Crippen LogP contribution in [-0.2, 0) is 16.6 Å². The fraction of sp³-hybridized carbons (Fsp3) is 0.111. The topological polar surface area (TPSA) is 92.5 Å². The first-order valence-corrected chi connectivity index (χ1v) is 9.20. The molecule has 3 rings (SSSR count). The number of hydrogen-bond donors (Lipinski definition) is 1. The molecule has 0 aliphatic heterocycles. The molecule has 3 aromatic rings. The lowest BCUT2D eigenvalue weighted by molar-refractivity contribution is 0.0696. The maximum absolute atomic E-state index is 12.8. The summed E-state index contributed by atoms with van der Waals surface area (Å²) in [6, 6.07) is 13.6. The number of carboxylic acid groups (broad SMARTS) is 1. The van der Waals surface area contributed by atoms with E-state index in [9.17, 15) is 13.2 Å². The molecule has 0 saturated carbocycles. The summed E-state index contributed by atoms with van der Waals surface area (Å²) in [5.74, 6) is -1.20. The van der Waals surface area contributed by atoms with Gasteiger partial charge >= 0.3 is 5.97 Å². The smallest absolute Gasteiger partial charge is 0.335 e. The molecule has 0 aliphatic rings. The summed E-state index contributed by atoms with van der Waals surface area (Å²) < 4.78 is 28.6. The first-order valence-electron chi connectivity index (χ1n) is 7.76. The van der Waals surface area contributed by atoms with E-state index in [1.165, 1.54) is 19.3 Å². The quantitative estimate of drug-likeness (QED) is 0.718. The van der Waals surface area contributed by atoms with E-state index in [2.05, 4.69) is 4.98 Å². The highest BCUT2D eigenvalue weighted by atomic mass is 32.2. The van der Waals surface area contributed by atoms with E-state index in [1.807, 2.05) is 53.4 Å². The zero-order valence-corrected chi connectivity index (χ0v) is 14.8. The van der Waals surface area contributed by atoms with Crippen LogP contribution in [0.3, 0.4) is 0 Å². The van der Waals surface area contributed by atoms with Gasteiger partial charge in [0.1, 0.15) is 0 Å². The van der Waals surface area contributed by atoms with Gasteiger partial charge in [-0.25, -0.2) is 18.2 Å². The van der Waals surface area contributed by atoms with E-state index in [0.29, 0.717) is 0 Å². The second-order valence-electron chi connectivity index (χ2n) is 5.67. The molecule has 0 atom stereocenters. The predicted octanol–water partition coefficient (Wildman–Crippen LogP) is 2.39. The summed E-state index contributed by atoms with van der Waals surface area (Å²) >= 11 is 0. The number of para-hydroxylation sites is 1. The van der Waals surface area contributed by atoms with E-state index >= 15 is 0 Å². The summed E-state index contributed by atoms with van der Waals surface area (Å²) in [6.07, 6.45) is 4.94. The third-order valence-electron chi connectivity index (χ3n) is 3.92. The van der Waals surface area contributed by atoms with E-state index in [4.69, 9.17) is 5.11 Å². The van der Waals surface area contributed by atoms with E-state index in [1.54, 1.807) is 0 Å². The van der Waals surface area contributed by atoms with Gasteiger partial charge in [-0.3, -0.25) is 0 Å². The minimum Gasteiger partial charge on any atom is -0.478 e. The molecule has 0 bridgehead atoms. The Labute approximate surface area is 151 Å². The molecule has 1 aromatic carbocycles. The summed E-state index contributed by atoms with van der Waals surface area (Å²) in [5.41, 5.74) is 1.55. The minimum atomic E-state index is -3.93. The fourth-order valence-electron chi connectivity index (χ4n) is 2.56. The Bertz CT molecular complexity index is 1030. The van der Waals surface area contributed by atoms with Crippen molar-refractivity contribution in [3.05, 3.63) is 78.2 Å². The van der Waals surface area contributed by atoms with Crippen LogP contribution in [0.15, 0.2) is 72.1 Å². The van der Waals surface area contributed by atoms with Gasteiger partial charge in [-0.1, -0.05) is 18.2 Å². The molecule has 2 heterocycles. The highest BCUT2D eigenvalue weighted by Gasteiger charge is 2.24. The summed E-state index contributed by atoms with van der Waals surface area (Å²) in [6.45, 7) is 0.121. The number of rotatable bonds is 6. The molecule has 0 saturated heterocycles. The third kappa shape index (κ3) is 3.51. The first-order chi connectivity index (χ1) is 12.4. The number of aromatic carboxylic acids is 1. The molecule has 134 valence electrons. The number of benzene rings is 1. The monoisotopic (exact) mass is 371 g/mol. The Kier molecular flexibility index (Phi) is 4.88. The molecule has 0 unspecified atom stereocenters. The molecule has 1 N–H and O–H groups in total. The number of carboxylic acids is 1. The molecular formula is C18H17N3O4S. The highest BCUT2D eigenvalue weighted by Crippen LogP contribution is 2.20. The lowest BCUT2D eigenvalue weighted by Crippen LogP contribution is -2.28. The van der Waals surface area contributed by atoms with Crippen LogP contribution in [0.25, 0.3) is 5.69 Å². The van der Waals surface area contributed by atoms with Crippen LogP contribution in [-0.4, -0.2) is 40.4 Å². The van der Waals surface area contributed by atoms with E-state index < -0.39 is 16.0 Å². The Morgan fingerprint density at radius 3 is 2.54 bits per heavy atom. The van der Waals surface area contributed by atoms with E-state index in [0.717, 1.165) is 21.6 Å². The molecule has 7 nitrogen and oxygen atoms in total. The van der Waals surface area contributed by atoms with Crippen LogP contribution in [0.4, 0.5) is 0 Å². The lowest BCUT2D eigenvalue weighted by atomic mass is 10.2. The second kappa shape index (κ2) is 7.11. The number of carbonyl (C=O) groups is 1. The first kappa shape index (κ1) is 17.8. The summed E-state index contributed by atoms with van der Waals surface area (Å²) in [7, 11) is -2.49. The van der Waals surface area contributed by atoms with Gasteiger partial charge in [0.2, 0.25) is 0 Å². The van der Waals surface area contributed by atoms with Crippen LogP contribution in [0.5, 0.6) is 0 Å². The van der Waals surface area contributed by atoms with Gasteiger partial charge in [0.15, 0.2) is 5.03 Å². The largest absolute Gasteiger partial charge is 0.478 e. The van der Waals surface area contributed by atoms with Crippen LogP contribution < -0.4 is 0 Å². The van der Waals surface area contributed by atoms with Crippen molar-refractivity contribution in [2.75, 3.05) is 7.05 Å². The molecule has 0 spiro atoms. The molecule has 0 fully saturated rings. The molecule has 0 radical (unpaired) electrons. The summed E-state index contributed by atoms with van der Waals surface area (Å²) in [5, 5.41) is 8.76. The van der Waals surface area contributed by atoms with Crippen molar-refractivity contribution in [3.8, 4) is 5.69 Å². The SMILES string of the molecule is CN(Cc1ccccc1-n1cccc1)S(=O)(=O)c1cc(C(=O)O)ccn1. The summed E-state index contributed by atoms with van der Waals surface area (Å²) in [4.78, 5) is 14.9. The molecule has 26 heavy (non-hydrogen) atoms. The van der Waals surface area contributed by atoms with Gasteiger partial charge in [-0.05, 0) is 35.9 Å². The van der Waals surface area contributed by atoms with Crippen LogP contribution in [0.1, 0.15) is 15.9 Å². The van der Waals surface area contributed by atoms with Crippen LogP contribution >= 0.6 is 0 Å². The van der Waals surface area contributed by atoms with Crippen molar-refractivity contribution in [1.82, 2.24) is 13.9 Å². The fourth-order valence-corrected chi connectivity index (χ4v) is 3.66. The maximum atomic E-state index is 12.8. The van der Waals surface area contributed by atoms with Crippen molar-refractivity contribution in [2.24, 2.45) is 0 Å². The van der Waals surface area contributed by atoms with Gasteiger partial charge in [0, 0.05) is 37.9 Å². The molecule has 0 aliphatic carbocycles. The Balaban J connectivity index is 1.92. The average Bonchev–Trinajstić information content (AvgIpc) is 3.16. The van der Waals surface area contributed by atoms with Gasteiger partial charge in [0.05, 0.1) is 5.56 Å². The van der Waals surface area contributed by atoms with Crippen molar-refractivity contribution < 1.29 is 18.3 Å². The number of sulfonamides is 1. The predicted molar refractivity (Wildman–Crippen MR) is 95.6 cm³/mol. The van der Waals surface area contributed by atoms with Gasteiger partial charge in [-0.15, -0.1) is 0 Å². The molecular weight excluding hydrogens is 354 g/mol. The lowest BCUT2D eigenvalue weighted by Gasteiger charge is -2.19. The van der Waals surface area contributed by atoms with E-state index in [-0.39, 0.29) is 17.1 Å². The van der Waals surface area contributed by atoms with Crippen molar-refractivity contribution >= 4 is 16.0 Å². The Hall–Kier alpha value is -2.97. The van der Waals surface area contributed by atoms with Crippen molar-refractivity contribution in [3.63, 3.8) is 0 Å². The average molecular weight is 371 g/mol. The molecule has 2 aromatic heterocycles. The Morgan fingerprint density at radius 2 is 1.85 bits per heavy atom.